The quantitative estimate of drug-likeness (QED) is 0.723. The second-order valence-electron chi connectivity index (χ2n) is 2.42. The molecule has 4 nitrogen and oxygen atoms in total. The fourth-order valence-corrected chi connectivity index (χ4v) is 2.07. The number of nitrogens with zero attached hydrogens (tertiary/aromatic N) is 1. The van der Waals surface area contributed by atoms with Gasteiger partial charge in [0.1, 0.15) is 0 Å². The first-order chi connectivity index (χ1) is 6.05. The molecule has 13 heavy (non-hydrogen) atoms. The van der Waals surface area contributed by atoms with E-state index in [0.717, 1.165) is 10.3 Å². The highest BCUT2D eigenvalue weighted by atomic mass is 32.2. The summed E-state index contributed by atoms with van der Waals surface area (Å²) < 4.78 is 33.5. The molecule has 0 bridgehead atoms. The van der Waals surface area contributed by atoms with E-state index in [2.05, 4.69) is 0 Å². The molecule has 0 unspecified atom stereocenters. The summed E-state index contributed by atoms with van der Waals surface area (Å²) in [5.74, 6) is 0. The molecule has 0 saturated heterocycles. The maximum absolute atomic E-state index is 11.1. The molecule has 0 saturated carbocycles. The van der Waals surface area contributed by atoms with E-state index in [0.29, 0.717) is 5.69 Å². The SMILES string of the molecule is CS(=O)(=O)N(P=O)c1ccccc1. The van der Waals surface area contributed by atoms with E-state index in [1.807, 2.05) is 0 Å². The smallest absolute Gasteiger partial charge is 0.248 e. The fraction of sp³-hybridized carbons (Fsp3) is 0.143. The van der Waals surface area contributed by atoms with Crippen LogP contribution in [-0.2, 0) is 14.6 Å². The Kier molecular flexibility index (Phi) is 3.01. The molecular weight excluding hydrogens is 209 g/mol. The second kappa shape index (κ2) is 3.85. The molecule has 6 heteroatoms. The molecule has 1 aromatic rings. The molecule has 0 N–H and O–H groups in total. The third-order valence-electron chi connectivity index (χ3n) is 1.37. The first-order valence-electron chi connectivity index (χ1n) is 3.44. The Morgan fingerprint density at radius 3 is 2.15 bits per heavy atom. The molecule has 0 radical (unpaired) electrons. The molecule has 70 valence electrons. The van der Waals surface area contributed by atoms with Crippen molar-refractivity contribution in [3.05, 3.63) is 30.3 Å². The number of hydrogen-bond acceptors (Lipinski definition) is 3. The number of sulfonamides is 1. The summed E-state index contributed by atoms with van der Waals surface area (Å²) in [6.45, 7) is 0. The monoisotopic (exact) mass is 217 g/mol. The van der Waals surface area contributed by atoms with E-state index in [9.17, 15) is 13.0 Å². The van der Waals surface area contributed by atoms with Gasteiger partial charge >= 0.3 is 0 Å². The zero-order valence-electron chi connectivity index (χ0n) is 6.91. The molecule has 1 rings (SSSR count). The second-order valence-corrected chi connectivity index (χ2v) is 5.09. The van der Waals surface area contributed by atoms with Crippen LogP contribution in [0.15, 0.2) is 30.3 Å². The Morgan fingerprint density at radius 2 is 1.77 bits per heavy atom. The molecule has 1 aromatic carbocycles. The number of para-hydroxylation sites is 1. The van der Waals surface area contributed by atoms with Gasteiger partial charge in [0, 0.05) is 0 Å². The summed E-state index contributed by atoms with van der Waals surface area (Å²) in [4.78, 5) is 0. The Labute approximate surface area is 78.5 Å². The number of anilines is 1. The van der Waals surface area contributed by atoms with E-state index < -0.39 is 18.6 Å². The van der Waals surface area contributed by atoms with Crippen LogP contribution < -0.4 is 4.08 Å². The van der Waals surface area contributed by atoms with Crippen molar-refractivity contribution < 1.29 is 13.0 Å². The third kappa shape index (κ3) is 2.50. The Morgan fingerprint density at radius 1 is 1.23 bits per heavy atom. The highest BCUT2D eigenvalue weighted by Crippen LogP contribution is 2.23. The van der Waals surface area contributed by atoms with Gasteiger partial charge in [-0.25, -0.2) is 13.0 Å². The van der Waals surface area contributed by atoms with Gasteiger partial charge in [0.15, 0.2) is 0 Å². The highest BCUT2D eigenvalue weighted by Gasteiger charge is 2.16. The van der Waals surface area contributed by atoms with Crippen LogP contribution >= 0.6 is 8.61 Å². The van der Waals surface area contributed by atoms with Crippen molar-refractivity contribution in [1.29, 1.82) is 0 Å². The zero-order valence-corrected chi connectivity index (χ0v) is 8.63. The molecule has 0 heterocycles. The summed E-state index contributed by atoms with van der Waals surface area (Å²) in [7, 11) is -4.01. The maximum Gasteiger partial charge on any atom is 0.297 e. The van der Waals surface area contributed by atoms with E-state index >= 15 is 0 Å². The standard InChI is InChI=1S/C7H8NO3PS/c1-13(10,11)8(12-9)7-5-3-2-4-6-7/h2-6H,1H3. The first-order valence-corrected chi connectivity index (χ1v) is 6.05. The number of rotatable bonds is 3. The van der Waals surface area contributed by atoms with Gasteiger partial charge in [-0.2, -0.15) is 4.08 Å². The lowest BCUT2D eigenvalue weighted by atomic mass is 10.3. The lowest BCUT2D eigenvalue weighted by Gasteiger charge is -2.12. The zero-order chi connectivity index (χ0) is 9.90. The Bertz CT molecular complexity index is 389. The Balaban J connectivity index is 3.13. The van der Waals surface area contributed by atoms with Crippen molar-refractivity contribution in [3.8, 4) is 0 Å². The lowest BCUT2D eigenvalue weighted by Crippen LogP contribution is -2.19. The molecule has 0 fully saturated rings. The number of hydrogen-bond donors (Lipinski definition) is 0. The molecule has 0 amide bonds. The van der Waals surface area contributed by atoms with Crippen LogP contribution in [0.3, 0.4) is 0 Å². The van der Waals surface area contributed by atoms with Crippen LogP contribution in [0, 0.1) is 0 Å². The minimum absolute atomic E-state index is 0.390. The first kappa shape index (κ1) is 10.2. The molecule has 0 atom stereocenters. The predicted octanol–water partition coefficient (Wildman–Crippen LogP) is 1.66. The van der Waals surface area contributed by atoms with Gasteiger partial charge in [-0.05, 0) is 12.1 Å². The highest BCUT2D eigenvalue weighted by molar-refractivity contribution is 7.96. The molecule has 0 aliphatic carbocycles. The van der Waals surface area contributed by atoms with Crippen molar-refractivity contribution in [2.75, 3.05) is 10.3 Å². The summed E-state index contributed by atoms with van der Waals surface area (Å²) in [5.41, 5.74) is 0.390. The third-order valence-corrected chi connectivity index (χ3v) is 3.67. The normalized spacial score (nSPS) is 11.5. The van der Waals surface area contributed by atoms with Crippen molar-refractivity contribution >= 4 is 24.3 Å². The summed E-state index contributed by atoms with van der Waals surface area (Å²) in [5, 5.41) is 0. The van der Waals surface area contributed by atoms with Crippen LogP contribution in [0.4, 0.5) is 5.69 Å². The van der Waals surface area contributed by atoms with Gasteiger partial charge in [0.25, 0.3) is 8.61 Å². The van der Waals surface area contributed by atoms with Gasteiger partial charge in [-0.15, -0.1) is 0 Å². The molecule has 0 aliphatic heterocycles. The van der Waals surface area contributed by atoms with Crippen molar-refractivity contribution in [2.24, 2.45) is 0 Å². The largest absolute Gasteiger partial charge is 0.297 e. The molecular formula is C7H8NO3PS. The lowest BCUT2D eigenvalue weighted by molar-refractivity contribution is 0.592. The summed E-state index contributed by atoms with van der Waals surface area (Å²) >= 11 is 0. The van der Waals surface area contributed by atoms with Crippen LogP contribution in [0.2, 0.25) is 0 Å². The molecule has 0 spiro atoms. The van der Waals surface area contributed by atoms with E-state index in [-0.39, 0.29) is 0 Å². The molecule has 0 aromatic heterocycles. The fourth-order valence-electron chi connectivity index (χ4n) is 0.855. The number of benzene rings is 1. The van der Waals surface area contributed by atoms with Crippen molar-refractivity contribution in [1.82, 2.24) is 0 Å². The summed E-state index contributed by atoms with van der Waals surface area (Å²) in [6, 6.07) is 8.26. The van der Waals surface area contributed by atoms with Gasteiger partial charge in [-0.1, -0.05) is 18.2 Å². The van der Waals surface area contributed by atoms with Crippen LogP contribution in [0.5, 0.6) is 0 Å². The molecule has 0 aliphatic rings. The van der Waals surface area contributed by atoms with Gasteiger partial charge in [-0.3, -0.25) is 0 Å². The maximum atomic E-state index is 11.1. The van der Waals surface area contributed by atoms with Crippen molar-refractivity contribution in [2.45, 2.75) is 0 Å². The van der Waals surface area contributed by atoms with E-state index in [1.54, 1.807) is 30.3 Å². The average molecular weight is 217 g/mol. The van der Waals surface area contributed by atoms with E-state index in [4.69, 9.17) is 0 Å². The van der Waals surface area contributed by atoms with Gasteiger partial charge in [0.2, 0.25) is 10.0 Å². The Hall–Kier alpha value is -0.930. The van der Waals surface area contributed by atoms with Gasteiger partial charge in [0.05, 0.1) is 11.9 Å². The average Bonchev–Trinajstić information content (AvgIpc) is 2.05. The van der Waals surface area contributed by atoms with E-state index in [1.165, 1.54) is 0 Å². The van der Waals surface area contributed by atoms with Crippen molar-refractivity contribution in [3.63, 3.8) is 0 Å². The van der Waals surface area contributed by atoms with Crippen LogP contribution in [0.25, 0.3) is 0 Å². The van der Waals surface area contributed by atoms with Crippen LogP contribution in [-0.4, -0.2) is 14.7 Å². The minimum atomic E-state index is -3.46. The van der Waals surface area contributed by atoms with Crippen LogP contribution in [0.1, 0.15) is 0 Å². The summed E-state index contributed by atoms with van der Waals surface area (Å²) in [6.07, 6.45) is 1.00. The predicted molar refractivity (Wildman–Crippen MR) is 51.4 cm³/mol. The van der Waals surface area contributed by atoms with Gasteiger partial charge < -0.3 is 0 Å². The topological polar surface area (TPSA) is 54.5 Å². The minimum Gasteiger partial charge on any atom is -0.248 e.